The van der Waals surface area contributed by atoms with Crippen molar-refractivity contribution in [3.8, 4) is 0 Å². The van der Waals surface area contributed by atoms with Crippen molar-refractivity contribution < 1.29 is 22.7 Å². The second kappa shape index (κ2) is 11.7. The van der Waals surface area contributed by atoms with Crippen LogP contribution in [0.15, 0.2) is 72.8 Å². The van der Waals surface area contributed by atoms with Crippen molar-refractivity contribution in [1.82, 2.24) is 4.90 Å². The van der Waals surface area contributed by atoms with E-state index >= 15 is 0 Å². The highest BCUT2D eigenvalue weighted by atomic mass is 32.2. The average Bonchev–Trinajstić information content (AvgIpc) is 3.26. The minimum atomic E-state index is -3.46. The molecule has 1 aliphatic heterocycles. The summed E-state index contributed by atoms with van der Waals surface area (Å²) in [5.74, 6) is -0.800. The van der Waals surface area contributed by atoms with E-state index in [0.717, 1.165) is 5.56 Å². The second-order valence-corrected chi connectivity index (χ2v) is 11.5. The quantitative estimate of drug-likeness (QED) is 0.290. The molecule has 0 atom stereocenters. The molecular weight excluding hydrogens is 516 g/mol. The van der Waals surface area contributed by atoms with E-state index in [2.05, 4.69) is 10.6 Å². The highest BCUT2D eigenvalue weighted by Crippen LogP contribution is 2.38. The molecule has 204 valence electrons. The maximum Gasteiger partial charge on any atom is 0.337 e. The summed E-state index contributed by atoms with van der Waals surface area (Å²) in [5, 5.41) is 6.23. The van der Waals surface area contributed by atoms with Gasteiger partial charge in [-0.25, -0.2) is 13.2 Å². The molecule has 0 radical (unpaired) electrons. The number of rotatable bonds is 10. The summed E-state index contributed by atoms with van der Waals surface area (Å²) in [6, 6.07) is 21.5. The SMILES string of the molecule is CCS(=O)(=O)N(CCN(C)C)c1ccc(NC(=C2C(=O)Nc3cc(C(=O)OC)ccc32)c2ccccc2)cc1. The molecule has 0 saturated heterocycles. The van der Waals surface area contributed by atoms with Crippen molar-refractivity contribution in [1.29, 1.82) is 0 Å². The molecule has 0 unspecified atom stereocenters. The Balaban J connectivity index is 1.73. The number of hydrogen-bond donors (Lipinski definition) is 2. The van der Waals surface area contributed by atoms with Crippen molar-refractivity contribution in [3.05, 3.63) is 89.5 Å². The van der Waals surface area contributed by atoms with E-state index < -0.39 is 16.0 Å². The minimum absolute atomic E-state index is 0.00308. The lowest BCUT2D eigenvalue weighted by molar-refractivity contribution is -0.110. The molecule has 3 aromatic carbocycles. The monoisotopic (exact) mass is 548 g/mol. The number of carbonyl (C=O) groups excluding carboxylic acids is 2. The van der Waals surface area contributed by atoms with Crippen LogP contribution < -0.4 is 14.9 Å². The molecule has 3 aromatic rings. The molecule has 1 amide bonds. The van der Waals surface area contributed by atoms with E-state index in [1.807, 2.05) is 49.3 Å². The number of anilines is 3. The summed E-state index contributed by atoms with van der Waals surface area (Å²) in [4.78, 5) is 27.1. The van der Waals surface area contributed by atoms with Gasteiger partial charge >= 0.3 is 5.97 Å². The fraction of sp³-hybridized carbons (Fsp3) is 0.241. The maximum absolute atomic E-state index is 13.2. The average molecular weight is 549 g/mol. The Labute approximate surface area is 229 Å². The van der Waals surface area contributed by atoms with Gasteiger partial charge in [0.1, 0.15) is 0 Å². The largest absolute Gasteiger partial charge is 0.465 e. The highest BCUT2D eigenvalue weighted by molar-refractivity contribution is 7.92. The lowest BCUT2D eigenvalue weighted by Crippen LogP contribution is -2.37. The zero-order valence-corrected chi connectivity index (χ0v) is 23.2. The first-order valence-electron chi connectivity index (χ1n) is 12.5. The van der Waals surface area contributed by atoms with Gasteiger partial charge in [-0.2, -0.15) is 0 Å². The van der Waals surface area contributed by atoms with Crippen LogP contribution in [0.2, 0.25) is 0 Å². The van der Waals surface area contributed by atoms with Crippen molar-refractivity contribution >= 4 is 50.2 Å². The van der Waals surface area contributed by atoms with E-state index in [-0.39, 0.29) is 11.7 Å². The van der Waals surface area contributed by atoms with Crippen LogP contribution in [-0.2, 0) is 19.6 Å². The number of carbonyl (C=O) groups is 2. The molecule has 0 spiro atoms. The Morgan fingerprint density at radius 2 is 1.64 bits per heavy atom. The molecule has 1 heterocycles. The number of sulfonamides is 1. The zero-order valence-electron chi connectivity index (χ0n) is 22.4. The number of methoxy groups -OCH3 is 1. The van der Waals surface area contributed by atoms with Crippen LogP contribution in [-0.4, -0.2) is 65.2 Å². The number of ether oxygens (including phenoxy) is 1. The predicted molar refractivity (Wildman–Crippen MR) is 155 cm³/mol. The molecule has 0 bridgehead atoms. The van der Waals surface area contributed by atoms with Gasteiger partial charge in [0.25, 0.3) is 5.91 Å². The van der Waals surface area contributed by atoms with E-state index in [9.17, 15) is 18.0 Å². The molecule has 39 heavy (non-hydrogen) atoms. The molecule has 9 nitrogen and oxygen atoms in total. The number of likely N-dealkylation sites (N-methyl/N-ethyl adjacent to an activating group) is 1. The third kappa shape index (κ3) is 6.13. The summed E-state index contributed by atoms with van der Waals surface area (Å²) < 4.78 is 31.8. The first-order chi connectivity index (χ1) is 18.6. The third-order valence-electron chi connectivity index (χ3n) is 6.37. The topological polar surface area (TPSA) is 108 Å². The van der Waals surface area contributed by atoms with Crippen molar-refractivity contribution in [3.63, 3.8) is 0 Å². The van der Waals surface area contributed by atoms with Gasteiger partial charge in [0.15, 0.2) is 0 Å². The lowest BCUT2D eigenvalue weighted by Gasteiger charge is -2.25. The fourth-order valence-electron chi connectivity index (χ4n) is 4.28. The van der Waals surface area contributed by atoms with E-state index in [1.54, 1.807) is 49.4 Å². The van der Waals surface area contributed by atoms with Gasteiger partial charge in [-0.3, -0.25) is 9.10 Å². The van der Waals surface area contributed by atoms with Gasteiger partial charge in [-0.05, 0) is 63.0 Å². The first kappa shape index (κ1) is 27.9. The number of nitrogens with one attached hydrogen (secondary N) is 2. The molecule has 0 saturated carbocycles. The molecule has 1 aliphatic rings. The second-order valence-electron chi connectivity index (χ2n) is 9.27. The van der Waals surface area contributed by atoms with Gasteiger partial charge in [0.2, 0.25) is 10.0 Å². The Morgan fingerprint density at radius 1 is 0.949 bits per heavy atom. The molecular formula is C29H32N4O5S. The van der Waals surface area contributed by atoms with Gasteiger partial charge in [-0.15, -0.1) is 0 Å². The van der Waals surface area contributed by atoms with E-state index in [0.29, 0.717) is 52.5 Å². The molecule has 0 aliphatic carbocycles. The number of nitrogens with zero attached hydrogens (tertiary/aromatic N) is 2. The minimum Gasteiger partial charge on any atom is -0.465 e. The predicted octanol–water partition coefficient (Wildman–Crippen LogP) is 4.12. The van der Waals surface area contributed by atoms with Crippen LogP contribution in [0.3, 0.4) is 0 Å². The third-order valence-corrected chi connectivity index (χ3v) is 8.17. The summed E-state index contributed by atoms with van der Waals surface area (Å²) >= 11 is 0. The Hall–Kier alpha value is -4.15. The van der Waals surface area contributed by atoms with Crippen LogP contribution >= 0.6 is 0 Å². The number of hydrogen-bond acceptors (Lipinski definition) is 7. The van der Waals surface area contributed by atoms with E-state index in [4.69, 9.17) is 4.74 Å². The van der Waals surface area contributed by atoms with Crippen LogP contribution in [0.1, 0.15) is 28.4 Å². The standard InChI is InChI=1S/C29H32N4O5S/c1-5-39(36,37)33(18-17-32(2)3)23-14-12-22(13-15-23)30-27(20-9-7-6-8-10-20)26-24-16-11-21(29(35)38-4)19-25(24)31-28(26)34/h6-16,19,30H,5,17-18H2,1-4H3,(H,31,34). The summed E-state index contributed by atoms with van der Waals surface area (Å²) in [5.41, 5.74) is 4.55. The Morgan fingerprint density at radius 3 is 2.26 bits per heavy atom. The fourth-order valence-corrected chi connectivity index (χ4v) is 5.39. The first-order valence-corrected chi connectivity index (χ1v) is 14.1. The zero-order chi connectivity index (χ0) is 28.2. The summed E-state index contributed by atoms with van der Waals surface area (Å²) in [6.07, 6.45) is 0. The number of esters is 1. The number of amides is 1. The normalized spacial score (nSPS) is 14.0. The Kier molecular flexibility index (Phi) is 8.37. The maximum atomic E-state index is 13.2. The molecule has 4 rings (SSSR count). The number of fused-ring (bicyclic) bond motifs is 1. The van der Waals surface area contributed by atoms with Gasteiger partial charge in [0.05, 0.1) is 41.1 Å². The summed E-state index contributed by atoms with van der Waals surface area (Å²) in [6.45, 7) is 2.54. The van der Waals surface area contributed by atoms with Gasteiger partial charge < -0.3 is 20.3 Å². The van der Waals surface area contributed by atoms with Crippen molar-refractivity contribution in [2.75, 3.05) is 55.0 Å². The smallest absolute Gasteiger partial charge is 0.337 e. The number of benzene rings is 3. The van der Waals surface area contributed by atoms with Crippen LogP contribution in [0.4, 0.5) is 17.1 Å². The molecule has 10 heteroatoms. The molecule has 0 fully saturated rings. The molecule has 2 N–H and O–H groups in total. The van der Waals surface area contributed by atoms with Crippen LogP contribution in [0.25, 0.3) is 11.3 Å². The van der Waals surface area contributed by atoms with Crippen molar-refractivity contribution in [2.24, 2.45) is 0 Å². The van der Waals surface area contributed by atoms with Crippen LogP contribution in [0, 0.1) is 0 Å². The van der Waals surface area contributed by atoms with E-state index in [1.165, 1.54) is 11.4 Å². The summed E-state index contributed by atoms with van der Waals surface area (Å²) in [7, 11) is 1.64. The van der Waals surface area contributed by atoms with Gasteiger partial charge in [-0.1, -0.05) is 36.4 Å². The van der Waals surface area contributed by atoms with Crippen molar-refractivity contribution in [2.45, 2.75) is 6.92 Å². The lowest BCUT2D eigenvalue weighted by atomic mass is 9.99. The molecule has 0 aromatic heterocycles. The highest BCUT2D eigenvalue weighted by Gasteiger charge is 2.29. The Bertz CT molecular complexity index is 1500. The van der Waals surface area contributed by atoms with Crippen LogP contribution in [0.5, 0.6) is 0 Å². The van der Waals surface area contributed by atoms with Gasteiger partial charge in [0, 0.05) is 24.3 Å².